The van der Waals surface area contributed by atoms with Crippen LogP contribution in [0.25, 0.3) is 0 Å². The van der Waals surface area contributed by atoms with E-state index < -0.39 is 0 Å². The van der Waals surface area contributed by atoms with E-state index in [0.29, 0.717) is 6.54 Å². The summed E-state index contributed by atoms with van der Waals surface area (Å²) in [6.45, 7) is 3.02. The van der Waals surface area contributed by atoms with Crippen molar-refractivity contribution in [2.75, 3.05) is 13.4 Å². The van der Waals surface area contributed by atoms with Crippen molar-refractivity contribution in [1.29, 1.82) is 0 Å². The molecule has 1 aromatic rings. The molecule has 0 aromatic heterocycles. The summed E-state index contributed by atoms with van der Waals surface area (Å²) in [5, 5.41) is 12.1. The monoisotopic (exact) mass is 287 g/mol. The van der Waals surface area contributed by atoms with E-state index in [1.807, 2.05) is 19.1 Å². The molecule has 1 aliphatic heterocycles. The molecule has 1 unspecified atom stereocenters. The van der Waals surface area contributed by atoms with Gasteiger partial charge in [0, 0.05) is 17.1 Å². The molecule has 88 valence electrons. The molecule has 1 aliphatic rings. The van der Waals surface area contributed by atoms with E-state index in [9.17, 15) is 0 Å². The van der Waals surface area contributed by atoms with Crippen molar-refractivity contribution >= 4 is 15.9 Å². The number of benzene rings is 1. The van der Waals surface area contributed by atoms with Gasteiger partial charge in [-0.25, -0.2) is 0 Å². The lowest BCUT2D eigenvalue weighted by Gasteiger charge is -2.12. The van der Waals surface area contributed by atoms with Gasteiger partial charge in [0.25, 0.3) is 0 Å². The Morgan fingerprint density at radius 3 is 2.81 bits per heavy atom. The summed E-state index contributed by atoms with van der Waals surface area (Å²) in [6, 6.07) is 3.93. The Morgan fingerprint density at radius 2 is 2.12 bits per heavy atom. The number of rotatable bonds is 4. The van der Waals surface area contributed by atoms with Crippen molar-refractivity contribution in [3.05, 3.63) is 22.2 Å². The van der Waals surface area contributed by atoms with Crippen LogP contribution in [0.2, 0.25) is 0 Å². The maximum absolute atomic E-state index is 8.92. The molecular formula is C11H14BrNO3. The van der Waals surface area contributed by atoms with E-state index in [2.05, 4.69) is 21.2 Å². The number of hydrogen-bond acceptors (Lipinski definition) is 4. The molecule has 0 amide bonds. The minimum Gasteiger partial charge on any atom is -0.454 e. The highest BCUT2D eigenvalue weighted by molar-refractivity contribution is 9.10. The lowest BCUT2D eigenvalue weighted by atomic mass is 10.2. The third kappa shape index (κ3) is 2.48. The molecule has 0 spiro atoms. The molecule has 5 heteroatoms. The maximum Gasteiger partial charge on any atom is 0.231 e. The van der Waals surface area contributed by atoms with Gasteiger partial charge in [-0.2, -0.15) is 0 Å². The predicted molar refractivity (Wildman–Crippen MR) is 63.7 cm³/mol. The molecule has 2 rings (SSSR count). The summed E-state index contributed by atoms with van der Waals surface area (Å²) >= 11 is 3.48. The zero-order chi connectivity index (χ0) is 11.5. The van der Waals surface area contributed by atoms with Gasteiger partial charge in [-0.3, -0.25) is 0 Å². The van der Waals surface area contributed by atoms with E-state index in [-0.39, 0.29) is 19.4 Å². The minimum atomic E-state index is 0.0809. The second kappa shape index (κ2) is 5.03. The second-order valence-electron chi connectivity index (χ2n) is 3.76. The average Bonchev–Trinajstić information content (AvgIpc) is 2.72. The number of fused-ring (bicyclic) bond motifs is 1. The molecule has 4 nitrogen and oxygen atoms in total. The van der Waals surface area contributed by atoms with E-state index in [0.717, 1.165) is 21.5 Å². The lowest BCUT2D eigenvalue weighted by molar-refractivity contribution is 0.174. The Hall–Kier alpha value is -0.780. The normalized spacial score (nSPS) is 15.2. The molecule has 0 saturated heterocycles. The van der Waals surface area contributed by atoms with Crippen LogP contribution < -0.4 is 14.8 Å². The zero-order valence-electron chi connectivity index (χ0n) is 9.00. The van der Waals surface area contributed by atoms with Crippen LogP contribution >= 0.6 is 15.9 Å². The van der Waals surface area contributed by atoms with Crippen LogP contribution in [0.15, 0.2) is 16.6 Å². The predicted octanol–water partition coefficient (Wildman–Crippen LogP) is 1.65. The molecular weight excluding hydrogens is 274 g/mol. The van der Waals surface area contributed by atoms with Gasteiger partial charge >= 0.3 is 0 Å². The average molecular weight is 288 g/mol. The van der Waals surface area contributed by atoms with Crippen LogP contribution in [-0.4, -0.2) is 24.5 Å². The Balaban J connectivity index is 2.09. The summed E-state index contributed by atoms with van der Waals surface area (Å²) in [7, 11) is 0. The third-order valence-corrected chi connectivity index (χ3v) is 3.19. The van der Waals surface area contributed by atoms with Crippen molar-refractivity contribution in [2.45, 2.75) is 19.5 Å². The fourth-order valence-electron chi connectivity index (χ4n) is 1.44. The number of halogens is 1. The number of nitrogens with one attached hydrogen (secondary N) is 1. The standard InChI is InChI=1S/C11H14BrNO3/c1-7(5-14)13-4-8-2-10-11(3-9(8)12)16-6-15-10/h2-3,7,13-14H,4-6H2,1H3. The van der Waals surface area contributed by atoms with E-state index >= 15 is 0 Å². The number of ether oxygens (including phenoxy) is 2. The smallest absolute Gasteiger partial charge is 0.231 e. The Labute approximate surface area is 103 Å². The largest absolute Gasteiger partial charge is 0.454 e. The van der Waals surface area contributed by atoms with Crippen LogP contribution in [-0.2, 0) is 6.54 Å². The quantitative estimate of drug-likeness (QED) is 0.884. The van der Waals surface area contributed by atoms with Crippen molar-refractivity contribution < 1.29 is 14.6 Å². The molecule has 0 radical (unpaired) electrons. The van der Waals surface area contributed by atoms with Crippen LogP contribution in [0.3, 0.4) is 0 Å². The number of hydrogen-bond donors (Lipinski definition) is 2. The van der Waals surface area contributed by atoms with Crippen LogP contribution in [0.1, 0.15) is 12.5 Å². The number of aliphatic hydroxyl groups excluding tert-OH is 1. The van der Waals surface area contributed by atoms with Gasteiger partial charge in [0.05, 0.1) is 6.61 Å². The Morgan fingerprint density at radius 1 is 1.44 bits per heavy atom. The first-order valence-corrected chi connectivity index (χ1v) is 5.92. The summed E-state index contributed by atoms with van der Waals surface area (Å²) in [6.07, 6.45) is 0. The lowest BCUT2D eigenvalue weighted by Crippen LogP contribution is -2.28. The van der Waals surface area contributed by atoms with Crippen molar-refractivity contribution in [3.8, 4) is 11.5 Å². The topological polar surface area (TPSA) is 50.7 Å². The van der Waals surface area contributed by atoms with Crippen molar-refractivity contribution in [2.24, 2.45) is 0 Å². The van der Waals surface area contributed by atoms with E-state index in [1.54, 1.807) is 0 Å². The molecule has 1 heterocycles. The van der Waals surface area contributed by atoms with Crippen molar-refractivity contribution in [1.82, 2.24) is 5.32 Å². The second-order valence-corrected chi connectivity index (χ2v) is 4.62. The molecule has 0 aliphatic carbocycles. The highest BCUT2D eigenvalue weighted by Crippen LogP contribution is 2.36. The summed E-state index contributed by atoms with van der Waals surface area (Å²) in [5.74, 6) is 1.54. The maximum atomic E-state index is 8.92. The summed E-state index contributed by atoms with van der Waals surface area (Å²) in [4.78, 5) is 0. The van der Waals surface area contributed by atoms with Gasteiger partial charge in [-0.05, 0) is 24.6 Å². The van der Waals surface area contributed by atoms with Gasteiger partial charge in [0.15, 0.2) is 11.5 Å². The summed E-state index contributed by atoms with van der Waals surface area (Å²) < 4.78 is 11.6. The summed E-state index contributed by atoms with van der Waals surface area (Å²) in [5.41, 5.74) is 1.09. The third-order valence-electron chi connectivity index (χ3n) is 2.46. The van der Waals surface area contributed by atoms with Gasteiger partial charge in [0.1, 0.15) is 0 Å². The molecule has 0 bridgehead atoms. The first kappa shape index (κ1) is 11.7. The minimum absolute atomic E-state index is 0.0809. The van der Waals surface area contributed by atoms with E-state index in [4.69, 9.17) is 14.6 Å². The van der Waals surface area contributed by atoms with Crippen LogP contribution in [0.4, 0.5) is 0 Å². The first-order valence-electron chi connectivity index (χ1n) is 5.13. The van der Waals surface area contributed by atoms with Gasteiger partial charge in [-0.15, -0.1) is 0 Å². The highest BCUT2D eigenvalue weighted by Gasteiger charge is 2.16. The van der Waals surface area contributed by atoms with E-state index in [1.165, 1.54) is 0 Å². The van der Waals surface area contributed by atoms with Crippen molar-refractivity contribution in [3.63, 3.8) is 0 Å². The highest BCUT2D eigenvalue weighted by atomic mass is 79.9. The molecule has 0 saturated carbocycles. The fraction of sp³-hybridized carbons (Fsp3) is 0.455. The Kier molecular flexibility index (Phi) is 3.68. The number of aliphatic hydroxyl groups is 1. The van der Waals surface area contributed by atoms with Gasteiger partial charge in [0.2, 0.25) is 6.79 Å². The molecule has 1 aromatic carbocycles. The van der Waals surface area contributed by atoms with Crippen LogP contribution in [0.5, 0.6) is 11.5 Å². The first-order chi connectivity index (χ1) is 7.70. The van der Waals surface area contributed by atoms with Gasteiger partial charge in [-0.1, -0.05) is 15.9 Å². The van der Waals surface area contributed by atoms with Gasteiger partial charge < -0.3 is 19.9 Å². The SMILES string of the molecule is CC(CO)NCc1cc2c(cc1Br)OCO2. The Bertz CT molecular complexity index is 384. The molecule has 16 heavy (non-hydrogen) atoms. The molecule has 2 N–H and O–H groups in total. The molecule has 1 atom stereocenters. The zero-order valence-corrected chi connectivity index (χ0v) is 10.6. The fourth-order valence-corrected chi connectivity index (χ4v) is 1.91. The molecule has 0 fully saturated rings. The van der Waals surface area contributed by atoms with Crippen LogP contribution in [0, 0.1) is 0 Å².